The fourth-order valence-corrected chi connectivity index (χ4v) is 3.45. The molecule has 0 bridgehead atoms. The number of hydrogen-bond acceptors (Lipinski definition) is 4. The molecule has 4 aromatic rings. The summed E-state index contributed by atoms with van der Waals surface area (Å²) in [5.74, 6) is -0.499. The maximum atomic E-state index is 12.9. The Morgan fingerprint density at radius 1 is 1.00 bits per heavy atom. The molecule has 5 nitrogen and oxygen atoms in total. The number of benzene rings is 3. The maximum Gasteiger partial charge on any atom is 0.416 e. The first-order valence-electron chi connectivity index (χ1n) is 9.73. The van der Waals surface area contributed by atoms with E-state index in [2.05, 4.69) is 5.32 Å². The first kappa shape index (κ1) is 23.7. The van der Waals surface area contributed by atoms with E-state index in [1.54, 1.807) is 24.3 Å². The quantitative estimate of drug-likeness (QED) is 0.322. The Kier molecular flexibility index (Phi) is 6.54. The largest absolute Gasteiger partial charge is 0.484 e. The Bertz CT molecular complexity index is 1430. The van der Waals surface area contributed by atoms with Crippen molar-refractivity contribution in [3.05, 3.63) is 92.8 Å². The van der Waals surface area contributed by atoms with Gasteiger partial charge in [-0.25, -0.2) is 0 Å². The molecule has 174 valence electrons. The molecule has 3 aromatic carbocycles. The van der Waals surface area contributed by atoms with E-state index in [-0.39, 0.29) is 27.5 Å². The number of amides is 1. The number of halogens is 5. The van der Waals surface area contributed by atoms with Gasteiger partial charge in [0.25, 0.3) is 5.91 Å². The lowest BCUT2D eigenvalue weighted by Crippen LogP contribution is -2.20. The van der Waals surface area contributed by atoms with Crippen LogP contribution in [-0.4, -0.2) is 12.5 Å². The first-order valence-corrected chi connectivity index (χ1v) is 10.5. The highest BCUT2D eigenvalue weighted by molar-refractivity contribution is 6.33. The molecular formula is C24H14Cl2F3NO4. The molecule has 0 saturated carbocycles. The van der Waals surface area contributed by atoms with E-state index in [1.807, 2.05) is 0 Å². The smallest absolute Gasteiger partial charge is 0.416 e. The molecule has 0 fully saturated rings. The van der Waals surface area contributed by atoms with Gasteiger partial charge in [-0.15, -0.1) is 0 Å². The summed E-state index contributed by atoms with van der Waals surface area (Å²) in [6.07, 6.45) is -3.26. The van der Waals surface area contributed by atoms with Crippen molar-refractivity contribution in [3.63, 3.8) is 0 Å². The van der Waals surface area contributed by atoms with Gasteiger partial charge in [0.1, 0.15) is 17.6 Å². The van der Waals surface area contributed by atoms with E-state index in [9.17, 15) is 22.8 Å². The van der Waals surface area contributed by atoms with E-state index in [1.165, 1.54) is 24.5 Å². The maximum absolute atomic E-state index is 12.9. The normalized spacial score (nSPS) is 11.4. The minimum atomic E-state index is -4.58. The SMILES string of the molecule is O=C(COc1ccc2c(=O)c(-c3ccc(Cl)cc3)coc2c1)Nc1cc(C(F)(F)F)ccc1Cl. The molecule has 0 aliphatic heterocycles. The predicted octanol–water partition coefficient (Wildman–Crippen LogP) is 6.80. The molecule has 1 heterocycles. The molecule has 1 N–H and O–H groups in total. The van der Waals surface area contributed by atoms with Crippen LogP contribution in [0.3, 0.4) is 0 Å². The standard InChI is InChI=1S/C24H14Cl2F3NO4/c25-15-4-1-13(2-5-15)18-11-34-21-10-16(6-7-17(21)23(18)32)33-12-22(31)30-20-9-14(24(27,28)29)3-8-19(20)26/h1-11H,12H2,(H,30,31). The van der Waals surface area contributed by atoms with Crippen molar-refractivity contribution in [2.45, 2.75) is 6.18 Å². The number of hydrogen-bond donors (Lipinski definition) is 1. The average molecular weight is 508 g/mol. The van der Waals surface area contributed by atoms with E-state index >= 15 is 0 Å². The van der Waals surface area contributed by atoms with Gasteiger partial charge in [-0.1, -0.05) is 35.3 Å². The van der Waals surface area contributed by atoms with Gasteiger partial charge in [-0.2, -0.15) is 13.2 Å². The molecule has 0 spiro atoms. The van der Waals surface area contributed by atoms with Gasteiger partial charge in [0, 0.05) is 11.1 Å². The second-order valence-electron chi connectivity index (χ2n) is 7.17. The predicted molar refractivity (Wildman–Crippen MR) is 124 cm³/mol. The summed E-state index contributed by atoms with van der Waals surface area (Å²) in [4.78, 5) is 25.0. The Hall–Kier alpha value is -3.49. The summed E-state index contributed by atoms with van der Waals surface area (Å²) < 4.78 is 49.6. The molecule has 0 unspecified atom stereocenters. The minimum Gasteiger partial charge on any atom is -0.484 e. The lowest BCUT2D eigenvalue weighted by atomic mass is 10.1. The molecule has 1 aromatic heterocycles. The van der Waals surface area contributed by atoms with Crippen molar-refractivity contribution in [3.8, 4) is 16.9 Å². The zero-order valence-corrected chi connectivity index (χ0v) is 18.6. The Balaban J connectivity index is 1.48. The summed E-state index contributed by atoms with van der Waals surface area (Å²) in [7, 11) is 0. The van der Waals surface area contributed by atoms with Crippen molar-refractivity contribution in [1.82, 2.24) is 0 Å². The third kappa shape index (κ3) is 5.18. The van der Waals surface area contributed by atoms with Gasteiger partial charge in [0.2, 0.25) is 0 Å². The molecule has 0 radical (unpaired) electrons. The Morgan fingerprint density at radius 2 is 1.74 bits per heavy atom. The average Bonchev–Trinajstić information content (AvgIpc) is 2.79. The molecule has 10 heteroatoms. The minimum absolute atomic E-state index is 0.0506. The van der Waals surface area contributed by atoms with Crippen LogP contribution in [0.4, 0.5) is 18.9 Å². The summed E-state index contributed by atoms with van der Waals surface area (Å²) in [6.45, 7) is -0.509. The van der Waals surface area contributed by atoms with E-state index in [4.69, 9.17) is 32.4 Å². The lowest BCUT2D eigenvalue weighted by Gasteiger charge is -2.12. The number of ether oxygens (including phenoxy) is 1. The van der Waals surface area contributed by atoms with Crippen LogP contribution >= 0.6 is 23.2 Å². The van der Waals surface area contributed by atoms with Crippen LogP contribution in [0.1, 0.15) is 5.56 Å². The van der Waals surface area contributed by atoms with Crippen LogP contribution < -0.4 is 15.5 Å². The zero-order chi connectivity index (χ0) is 24.5. The second-order valence-corrected chi connectivity index (χ2v) is 8.02. The topological polar surface area (TPSA) is 68.5 Å². The molecule has 0 saturated heterocycles. The fourth-order valence-electron chi connectivity index (χ4n) is 3.16. The van der Waals surface area contributed by atoms with Crippen LogP contribution in [0.5, 0.6) is 5.75 Å². The van der Waals surface area contributed by atoms with E-state index in [0.717, 1.165) is 18.2 Å². The van der Waals surface area contributed by atoms with Crippen molar-refractivity contribution in [2.24, 2.45) is 0 Å². The number of carbonyl (C=O) groups excluding carboxylic acids is 1. The van der Waals surface area contributed by atoms with Gasteiger partial charge in [-0.3, -0.25) is 9.59 Å². The molecule has 4 rings (SSSR count). The van der Waals surface area contributed by atoms with Crippen LogP contribution in [0.25, 0.3) is 22.1 Å². The Labute approximate surface area is 200 Å². The highest BCUT2D eigenvalue weighted by Gasteiger charge is 2.31. The Morgan fingerprint density at radius 3 is 2.44 bits per heavy atom. The molecule has 34 heavy (non-hydrogen) atoms. The number of fused-ring (bicyclic) bond motifs is 1. The van der Waals surface area contributed by atoms with E-state index in [0.29, 0.717) is 21.5 Å². The third-order valence-electron chi connectivity index (χ3n) is 4.84. The number of anilines is 1. The highest BCUT2D eigenvalue weighted by atomic mass is 35.5. The van der Waals surface area contributed by atoms with Crippen LogP contribution in [0.15, 0.2) is 76.1 Å². The number of rotatable bonds is 5. The summed E-state index contributed by atoms with van der Waals surface area (Å²) >= 11 is 11.8. The van der Waals surface area contributed by atoms with E-state index < -0.39 is 24.3 Å². The number of alkyl halides is 3. The zero-order valence-electron chi connectivity index (χ0n) is 17.1. The van der Waals surface area contributed by atoms with Gasteiger partial charge >= 0.3 is 6.18 Å². The van der Waals surface area contributed by atoms with Gasteiger partial charge < -0.3 is 14.5 Å². The lowest BCUT2D eigenvalue weighted by molar-refractivity contribution is -0.137. The van der Waals surface area contributed by atoms with Crippen LogP contribution in [0, 0.1) is 0 Å². The van der Waals surface area contributed by atoms with Crippen LogP contribution in [-0.2, 0) is 11.0 Å². The molecule has 1 amide bonds. The molecule has 0 aliphatic carbocycles. The molecule has 0 aliphatic rings. The van der Waals surface area contributed by atoms with Gasteiger partial charge in [0.15, 0.2) is 12.0 Å². The van der Waals surface area contributed by atoms with Crippen molar-refractivity contribution >= 4 is 45.8 Å². The van der Waals surface area contributed by atoms with Crippen molar-refractivity contribution in [1.29, 1.82) is 0 Å². The fraction of sp³-hybridized carbons (Fsp3) is 0.0833. The van der Waals surface area contributed by atoms with Crippen LogP contribution in [0.2, 0.25) is 10.0 Å². The van der Waals surface area contributed by atoms with Gasteiger partial charge in [0.05, 0.1) is 27.2 Å². The second kappa shape index (κ2) is 9.40. The van der Waals surface area contributed by atoms with Crippen molar-refractivity contribution in [2.75, 3.05) is 11.9 Å². The highest BCUT2D eigenvalue weighted by Crippen LogP contribution is 2.34. The monoisotopic (exact) mass is 507 g/mol. The van der Waals surface area contributed by atoms with Crippen molar-refractivity contribution < 1.29 is 27.1 Å². The summed E-state index contributed by atoms with van der Waals surface area (Å²) in [6, 6.07) is 13.7. The third-order valence-corrected chi connectivity index (χ3v) is 5.42. The number of carbonyl (C=O) groups is 1. The molecule has 0 atom stereocenters. The summed E-state index contributed by atoms with van der Waals surface area (Å²) in [5, 5.41) is 3.08. The first-order chi connectivity index (χ1) is 16.1. The number of nitrogens with one attached hydrogen (secondary N) is 1. The molecular weight excluding hydrogens is 494 g/mol. The summed E-state index contributed by atoms with van der Waals surface area (Å²) in [5.41, 5.74) is -0.158. The van der Waals surface area contributed by atoms with Gasteiger partial charge in [-0.05, 0) is 48.0 Å².